The van der Waals surface area contributed by atoms with Gasteiger partial charge in [0.15, 0.2) is 0 Å². The highest BCUT2D eigenvalue weighted by molar-refractivity contribution is 7.22. The molecule has 56 heavy (non-hydrogen) atoms. The molecule has 3 amide bonds. The van der Waals surface area contributed by atoms with Gasteiger partial charge in [-0.3, -0.25) is 9.69 Å². The lowest BCUT2D eigenvalue weighted by Gasteiger charge is -2.40. The number of alkyl carbamates (subject to hydrolysis) is 1. The maximum absolute atomic E-state index is 14.4. The number of rotatable bonds is 8. The number of anilines is 1. The summed E-state index contributed by atoms with van der Waals surface area (Å²) in [5.74, 6) is 1.41. The first-order valence-electron chi connectivity index (χ1n) is 20.3. The molecule has 4 heterocycles. The number of aromatic nitrogens is 1. The molecule has 0 spiro atoms. The molecule has 11 nitrogen and oxygen atoms in total. The Kier molecular flexibility index (Phi) is 9.73. The van der Waals surface area contributed by atoms with E-state index in [1.807, 2.05) is 58.6 Å². The number of amides is 3. The molecular weight excluding hydrogens is 727 g/mol. The van der Waals surface area contributed by atoms with Gasteiger partial charge in [-0.25, -0.2) is 9.59 Å². The van der Waals surface area contributed by atoms with Gasteiger partial charge in [-0.1, -0.05) is 6.07 Å². The number of fused-ring (bicyclic) bond motifs is 4. The molecule has 12 heteroatoms. The van der Waals surface area contributed by atoms with Gasteiger partial charge in [0.2, 0.25) is 0 Å². The first-order valence-corrected chi connectivity index (χ1v) is 21.1. The molecule has 2 bridgehead atoms. The molecule has 4 fully saturated rings. The first-order chi connectivity index (χ1) is 26.5. The number of benzene rings is 2. The summed E-state index contributed by atoms with van der Waals surface area (Å²) < 4.78 is 15.0. The lowest BCUT2D eigenvalue weighted by molar-refractivity contribution is 0.0495. The molecule has 2 aliphatic carbocycles. The van der Waals surface area contributed by atoms with Crippen molar-refractivity contribution in [3.05, 3.63) is 47.5 Å². The number of nitrogens with one attached hydrogen (secondary N) is 1. The molecule has 2 N–H and O–H groups in total. The van der Waals surface area contributed by atoms with Crippen LogP contribution in [0.15, 0.2) is 36.4 Å². The van der Waals surface area contributed by atoms with Gasteiger partial charge in [0.05, 0.1) is 35.3 Å². The van der Waals surface area contributed by atoms with E-state index >= 15 is 0 Å². The lowest BCUT2D eigenvalue weighted by Crippen LogP contribution is -2.55. The van der Waals surface area contributed by atoms with Crippen LogP contribution in [-0.4, -0.2) is 93.6 Å². The Morgan fingerprint density at radius 3 is 2.34 bits per heavy atom. The van der Waals surface area contributed by atoms with Crippen LogP contribution in [0.25, 0.3) is 31.6 Å². The van der Waals surface area contributed by atoms with Gasteiger partial charge in [0, 0.05) is 64.5 Å². The Bertz CT molecular complexity index is 2180. The fourth-order valence-electron chi connectivity index (χ4n) is 9.62. The van der Waals surface area contributed by atoms with E-state index in [1.165, 1.54) is 40.0 Å². The van der Waals surface area contributed by atoms with Gasteiger partial charge >= 0.3 is 12.2 Å². The number of piperidine rings is 2. The van der Waals surface area contributed by atoms with Gasteiger partial charge in [0.1, 0.15) is 11.4 Å². The van der Waals surface area contributed by atoms with Gasteiger partial charge < -0.3 is 34.3 Å². The van der Waals surface area contributed by atoms with E-state index in [0.717, 1.165) is 61.0 Å². The van der Waals surface area contributed by atoms with Crippen molar-refractivity contribution in [2.24, 2.45) is 11.8 Å². The topological polar surface area (TPSA) is 117 Å². The maximum atomic E-state index is 14.4. The largest absolute Gasteiger partial charge is 0.496 e. The number of ether oxygens (including phenoxy) is 2. The van der Waals surface area contributed by atoms with Crippen molar-refractivity contribution >= 4 is 56.1 Å². The second kappa shape index (κ2) is 14.2. The average Bonchev–Trinajstić information content (AvgIpc) is 3.45. The molecule has 4 aliphatic rings. The Hall–Kier alpha value is -4.45. The Morgan fingerprint density at radius 2 is 1.70 bits per heavy atom. The summed E-state index contributed by atoms with van der Waals surface area (Å²) in [6, 6.07) is 12.8. The van der Waals surface area contributed by atoms with Gasteiger partial charge in [0.25, 0.3) is 5.91 Å². The fourth-order valence-corrected chi connectivity index (χ4v) is 10.9. The normalized spacial score (nSPS) is 21.6. The van der Waals surface area contributed by atoms with Crippen LogP contribution in [0.3, 0.4) is 0 Å². The number of carbonyl (C=O) groups excluding carboxylic acids is 2. The van der Waals surface area contributed by atoms with Crippen LogP contribution in [0, 0.1) is 18.8 Å². The molecule has 2 aromatic carbocycles. The standard InChI is InChI=1S/C44H57N5O6S/c1-25-37-35(54-8)20-29(40(50)48-24-28-12-14-32(48)38(28)49(42(52)53)43(2,3)4)21-36(37)56-39(25)34-19-27-11-13-31(22-33(27)47(34)23-26-9-10-26)46-17-15-30(16-18-46)45-41(51)55-44(5,6)7/h11,13,19-22,26,28,30,32,38H,9-10,12,14-18,23-24H2,1-8H3,(H,45,51)(H,52,53)/t28?,32?,38-/m1/s1. The van der Waals surface area contributed by atoms with Crippen LogP contribution >= 0.6 is 11.3 Å². The molecule has 8 rings (SSSR count). The minimum Gasteiger partial charge on any atom is -0.496 e. The zero-order chi connectivity index (χ0) is 39.8. The van der Waals surface area contributed by atoms with Crippen LogP contribution in [0.2, 0.25) is 0 Å². The van der Waals surface area contributed by atoms with Crippen LogP contribution in [0.4, 0.5) is 15.3 Å². The number of carbonyl (C=O) groups is 3. The number of hydrogen-bond acceptors (Lipinski definition) is 7. The highest BCUT2D eigenvalue weighted by Crippen LogP contribution is 2.48. The molecule has 2 saturated carbocycles. The van der Waals surface area contributed by atoms with Gasteiger partial charge in [-0.15, -0.1) is 11.3 Å². The monoisotopic (exact) mass is 783 g/mol. The predicted octanol–water partition coefficient (Wildman–Crippen LogP) is 9.13. The van der Waals surface area contributed by atoms with Crippen molar-refractivity contribution in [2.75, 3.05) is 31.6 Å². The SMILES string of the molecule is COc1cc(C(=O)N2CC3CCC2[C@@H]3N(C(=O)O)C(C)(C)C)cc2sc(-c3cc4ccc(N5CCC(NC(=O)OC(C)(C)C)CC5)cc4n3CC3CC3)c(C)c12. The minimum absolute atomic E-state index is 0.0608. The van der Waals surface area contributed by atoms with Crippen molar-refractivity contribution in [1.29, 1.82) is 0 Å². The number of methoxy groups -OCH3 is 1. The molecule has 2 aromatic heterocycles. The Morgan fingerprint density at radius 1 is 0.964 bits per heavy atom. The second-order valence-electron chi connectivity index (χ2n) is 18.5. The third-order valence-electron chi connectivity index (χ3n) is 12.3. The van der Waals surface area contributed by atoms with E-state index in [4.69, 9.17) is 9.47 Å². The molecule has 2 unspecified atom stereocenters. The summed E-state index contributed by atoms with van der Waals surface area (Å²) in [5.41, 5.74) is 4.25. The number of thiophene rings is 1. The molecule has 0 radical (unpaired) electrons. The highest BCUT2D eigenvalue weighted by Gasteiger charge is 2.54. The van der Waals surface area contributed by atoms with Gasteiger partial charge in [-0.05, 0) is 135 Å². The van der Waals surface area contributed by atoms with Crippen molar-refractivity contribution in [3.63, 3.8) is 0 Å². The third kappa shape index (κ3) is 7.18. The van der Waals surface area contributed by atoms with Gasteiger partial charge in [-0.2, -0.15) is 0 Å². The summed E-state index contributed by atoms with van der Waals surface area (Å²) in [5, 5.41) is 15.5. The Labute approximate surface area is 333 Å². The minimum atomic E-state index is -0.928. The number of aryl methyl sites for hydroxylation is 1. The Balaban J connectivity index is 1.08. The fraction of sp³-hybridized carbons (Fsp3) is 0.568. The summed E-state index contributed by atoms with van der Waals surface area (Å²) in [7, 11) is 1.67. The van der Waals surface area contributed by atoms with E-state index in [2.05, 4.69) is 46.0 Å². The maximum Gasteiger partial charge on any atom is 0.408 e. The van der Waals surface area contributed by atoms with Crippen molar-refractivity contribution in [1.82, 2.24) is 19.7 Å². The summed E-state index contributed by atoms with van der Waals surface area (Å²) in [6.07, 6.45) is 4.64. The predicted molar refractivity (Wildman–Crippen MR) is 222 cm³/mol. The van der Waals surface area contributed by atoms with Crippen molar-refractivity contribution in [2.45, 2.75) is 123 Å². The summed E-state index contributed by atoms with van der Waals surface area (Å²) >= 11 is 1.71. The number of hydrogen-bond donors (Lipinski definition) is 2. The molecule has 300 valence electrons. The van der Waals surface area contributed by atoms with Crippen LogP contribution in [0.5, 0.6) is 5.75 Å². The van der Waals surface area contributed by atoms with E-state index in [-0.39, 0.29) is 36.0 Å². The zero-order valence-corrected chi connectivity index (χ0v) is 34.9. The number of likely N-dealkylation sites (tertiary alicyclic amines) is 1. The average molecular weight is 784 g/mol. The number of carboxylic acid groups (broad SMARTS) is 1. The first kappa shape index (κ1) is 38.4. The van der Waals surface area contributed by atoms with Crippen LogP contribution in [0.1, 0.15) is 96.0 Å². The molecule has 3 atom stereocenters. The highest BCUT2D eigenvalue weighted by atomic mass is 32.1. The van der Waals surface area contributed by atoms with E-state index in [0.29, 0.717) is 23.8 Å². The van der Waals surface area contributed by atoms with Crippen molar-refractivity contribution < 1.29 is 29.0 Å². The smallest absolute Gasteiger partial charge is 0.408 e. The molecule has 2 saturated heterocycles. The third-order valence-corrected chi connectivity index (χ3v) is 13.6. The molecular formula is C44H57N5O6S. The van der Waals surface area contributed by atoms with E-state index < -0.39 is 17.2 Å². The quantitative estimate of drug-likeness (QED) is 0.183. The summed E-state index contributed by atoms with van der Waals surface area (Å²) in [4.78, 5) is 46.3. The second-order valence-corrected chi connectivity index (χ2v) is 19.6. The zero-order valence-electron chi connectivity index (χ0n) is 34.1. The lowest BCUT2D eigenvalue weighted by atomic mass is 9.98. The van der Waals surface area contributed by atoms with E-state index in [1.54, 1.807) is 23.3 Å². The van der Waals surface area contributed by atoms with Crippen LogP contribution in [-0.2, 0) is 11.3 Å². The van der Waals surface area contributed by atoms with Crippen LogP contribution < -0.4 is 15.0 Å². The van der Waals surface area contributed by atoms with E-state index in [9.17, 15) is 19.5 Å². The number of nitrogens with zero attached hydrogens (tertiary/aromatic N) is 4. The summed E-state index contributed by atoms with van der Waals surface area (Å²) in [6.45, 7) is 16.8. The molecule has 2 aliphatic heterocycles. The van der Waals surface area contributed by atoms with Crippen molar-refractivity contribution in [3.8, 4) is 16.3 Å². The molecule has 4 aromatic rings.